The van der Waals surface area contributed by atoms with E-state index in [1.807, 2.05) is 54.6 Å². The molecule has 0 unspecified atom stereocenters. The molecule has 3 rings (SSSR count). The lowest BCUT2D eigenvalue weighted by Gasteiger charge is -2.04. The molecule has 0 aliphatic rings. The Morgan fingerprint density at radius 2 is 1.83 bits per heavy atom. The third-order valence-electron chi connectivity index (χ3n) is 4.09. The highest BCUT2D eigenvalue weighted by atomic mass is 15.0. The molecule has 0 aliphatic carbocycles. The lowest BCUT2D eigenvalue weighted by molar-refractivity contribution is 0.828. The molecular formula is C21H18N2. The summed E-state index contributed by atoms with van der Waals surface area (Å²) in [5.41, 5.74) is 5.03. The van der Waals surface area contributed by atoms with Gasteiger partial charge in [0.1, 0.15) is 0 Å². The van der Waals surface area contributed by atoms with Gasteiger partial charge in [-0.2, -0.15) is 5.26 Å². The van der Waals surface area contributed by atoms with E-state index in [1.54, 1.807) is 0 Å². The number of rotatable bonds is 4. The third kappa shape index (κ3) is 2.69. The minimum atomic E-state index is 0.676. The van der Waals surface area contributed by atoms with Crippen molar-refractivity contribution < 1.29 is 0 Å². The number of benzene rings is 2. The average Bonchev–Trinajstić information content (AvgIpc) is 2.86. The first-order chi connectivity index (χ1) is 11.3. The predicted molar refractivity (Wildman–Crippen MR) is 96.8 cm³/mol. The van der Waals surface area contributed by atoms with E-state index in [4.69, 9.17) is 0 Å². The third-order valence-corrected chi connectivity index (χ3v) is 4.09. The summed E-state index contributed by atoms with van der Waals surface area (Å²) in [7, 11) is 0. The quantitative estimate of drug-likeness (QED) is 0.480. The molecule has 1 heterocycles. The molecule has 23 heavy (non-hydrogen) atoms. The maximum atomic E-state index is 9.57. The van der Waals surface area contributed by atoms with Crippen molar-refractivity contribution in [1.82, 2.24) is 4.57 Å². The molecule has 0 saturated heterocycles. The molecule has 3 aromatic rings. The zero-order valence-corrected chi connectivity index (χ0v) is 13.2. The fourth-order valence-electron chi connectivity index (χ4n) is 2.95. The second kappa shape index (κ2) is 6.37. The zero-order valence-electron chi connectivity index (χ0n) is 13.2. The molecule has 0 atom stereocenters. The SMILES string of the molecule is C=CCn1c(C)c(/C=C(\C#N)c2ccccc2)c2ccccc21. The number of nitriles is 1. The fraction of sp³-hybridized carbons (Fsp3) is 0.0952. The number of fused-ring (bicyclic) bond motifs is 1. The summed E-state index contributed by atoms with van der Waals surface area (Å²) < 4.78 is 2.23. The Morgan fingerprint density at radius 3 is 2.52 bits per heavy atom. The second-order valence-electron chi connectivity index (χ2n) is 5.45. The standard InChI is InChI=1S/C21H18N2/c1-3-13-23-16(2)20(19-11-7-8-12-21(19)23)14-18(15-22)17-9-5-4-6-10-17/h3-12,14H,1,13H2,2H3/b18-14+. The topological polar surface area (TPSA) is 28.7 Å². The van der Waals surface area contributed by atoms with Gasteiger partial charge in [-0.15, -0.1) is 6.58 Å². The van der Waals surface area contributed by atoms with Gasteiger partial charge in [-0.05, 0) is 24.6 Å². The fourth-order valence-corrected chi connectivity index (χ4v) is 2.95. The average molecular weight is 298 g/mol. The van der Waals surface area contributed by atoms with Crippen molar-refractivity contribution in [2.45, 2.75) is 13.5 Å². The Bertz CT molecular complexity index is 922. The van der Waals surface area contributed by atoms with Gasteiger partial charge >= 0.3 is 0 Å². The van der Waals surface area contributed by atoms with Crippen molar-refractivity contribution in [1.29, 1.82) is 5.26 Å². The van der Waals surface area contributed by atoms with Crippen LogP contribution in [0.5, 0.6) is 0 Å². The van der Waals surface area contributed by atoms with Gasteiger partial charge in [0.2, 0.25) is 0 Å². The largest absolute Gasteiger partial charge is 0.340 e. The van der Waals surface area contributed by atoms with Crippen molar-refractivity contribution in [3.05, 3.63) is 84.1 Å². The van der Waals surface area contributed by atoms with Crippen LogP contribution in [0.3, 0.4) is 0 Å². The van der Waals surface area contributed by atoms with E-state index in [0.717, 1.165) is 28.8 Å². The van der Waals surface area contributed by atoms with Gasteiger partial charge in [0.25, 0.3) is 0 Å². The number of hydrogen-bond donors (Lipinski definition) is 0. The Morgan fingerprint density at radius 1 is 1.13 bits per heavy atom. The Labute approximate surface area is 136 Å². The second-order valence-corrected chi connectivity index (χ2v) is 5.45. The summed E-state index contributed by atoms with van der Waals surface area (Å²) in [6, 6.07) is 20.4. The molecule has 2 aromatic carbocycles. The maximum absolute atomic E-state index is 9.57. The minimum absolute atomic E-state index is 0.676. The van der Waals surface area contributed by atoms with Gasteiger partial charge < -0.3 is 4.57 Å². The molecule has 0 amide bonds. The van der Waals surface area contributed by atoms with Gasteiger partial charge in [0, 0.05) is 28.7 Å². The molecule has 0 saturated carbocycles. The molecular weight excluding hydrogens is 280 g/mol. The Balaban J connectivity index is 2.24. The van der Waals surface area contributed by atoms with Gasteiger partial charge in [0.15, 0.2) is 0 Å². The maximum Gasteiger partial charge on any atom is 0.0998 e. The van der Waals surface area contributed by atoms with E-state index in [1.165, 1.54) is 5.52 Å². The smallest absolute Gasteiger partial charge is 0.0998 e. The summed E-state index contributed by atoms with van der Waals surface area (Å²) in [6.45, 7) is 6.70. The Hall–Kier alpha value is -3.05. The van der Waals surface area contributed by atoms with Crippen LogP contribution in [0.15, 0.2) is 67.3 Å². The predicted octanol–water partition coefficient (Wildman–Crippen LogP) is 5.20. The van der Waals surface area contributed by atoms with Crippen molar-refractivity contribution in [3.8, 4) is 6.07 Å². The normalized spacial score (nSPS) is 11.4. The minimum Gasteiger partial charge on any atom is -0.340 e. The van der Waals surface area contributed by atoms with E-state index in [0.29, 0.717) is 5.57 Å². The van der Waals surface area contributed by atoms with Crippen LogP contribution in [0.2, 0.25) is 0 Å². The van der Waals surface area contributed by atoms with Crippen molar-refractivity contribution in [2.75, 3.05) is 0 Å². The molecule has 0 bridgehead atoms. The summed E-state index contributed by atoms with van der Waals surface area (Å²) >= 11 is 0. The lowest BCUT2D eigenvalue weighted by atomic mass is 10.0. The molecule has 112 valence electrons. The van der Waals surface area contributed by atoms with E-state index in [2.05, 4.69) is 36.3 Å². The van der Waals surface area contributed by atoms with Crippen LogP contribution in [-0.4, -0.2) is 4.57 Å². The van der Waals surface area contributed by atoms with Crippen LogP contribution in [0.4, 0.5) is 0 Å². The molecule has 0 aliphatic heterocycles. The first-order valence-corrected chi connectivity index (χ1v) is 7.62. The highest BCUT2D eigenvalue weighted by Gasteiger charge is 2.12. The molecule has 1 aromatic heterocycles. The number of aromatic nitrogens is 1. The van der Waals surface area contributed by atoms with E-state index in [-0.39, 0.29) is 0 Å². The van der Waals surface area contributed by atoms with Crippen LogP contribution in [0.25, 0.3) is 22.6 Å². The van der Waals surface area contributed by atoms with Crippen molar-refractivity contribution in [2.24, 2.45) is 0 Å². The number of para-hydroxylation sites is 1. The summed E-state index contributed by atoms with van der Waals surface area (Å²) in [4.78, 5) is 0. The highest BCUT2D eigenvalue weighted by Crippen LogP contribution is 2.29. The molecule has 0 radical (unpaired) electrons. The van der Waals surface area contributed by atoms with Gasteiger partial charge in [-0.1, -0.05) is 54.6 Å². The van der Waals surface area contributed by atoms with Crippen LogP contribution < -0.4 is 0 Å². The number of hydrogen-bond acceptors (Lipinski definition) is 1. The van der Waals surface area contributed by atoms with Crippen LogP contribution in [-0.2, 0) is 6.54 Å². The van der Waals surface area contributed by atoms with Crippen molar-refractivity contribution >= 4 is 22.6 Å². The molecule has 0 N–H and O–H groups in total. The first kappa shape index (κ1) is 14.9. The van der Waals surface area contributed by atoms with Crippen LogP contribution in [0, 0.1) is 18.3 Å². The van der Waals surface area contributed by atoms with Gasteiger partial charge in [0.05, 0.1) is 11.6 Å². The van der Waals surface area contributed by atoms with E-state index < -0.39 is 0 Å². The first-order valence-electron chi connectivity index (χ1n) is 7.62. The van der Waals surface area contributed by atoms with Gasteiger partial charge in [-0.25, -0.2) is 0 Å². The number of nitrogens with zero attached hydrogens (tertiary/aromatic N) is 2. The van der Waals surface area contributed by atoms with Crippen molar-refractivity contribution in [3.63, 3.8) is 0 Å². The van der Waals surface area contributed by atoms with E-state index >= 15 is 0 Å². The summed E-state index contributed by atoms with van der Waals surface area (Å²) in [5, 5.41) is 10.7. The summed E-state index contributed by atoms with van der Waals surface area (Å²) in [6.07, 6.45) is 3.89. The number of allylic oxidation sites excluding steroid dienone is 2. The molecule has 0 fully saturated rings. The lowest BCUT2D eigenvalue weighted by Crippen LogP contribution is -1.97. The zero-order chi connectivity index (χ0) is 16.2. The Kier molecular flexibility index (Phi) is 4.12. The molecule has 2 nitrogen and oxygen atoms in total. The monoisotopic (exact) mass is 298 g/mol. The van der Waals surface area contributed by atoms with Crippen LogP contribution >= 0.6 is 0 Å². The molecule has 0 spiro atoms. The van der Waals surface area contributed by atoms with Crippen LogP contribution in [0.1, 0.15) is 16.8 Å². The molecule has 2 heteroatoms. The van der Waals surface area contributed by atoms with Gasteiger partial charge in [-0.3, -0.25) is 0 Å². The summed E-state index contributed by atoms with van der Waals surface area (Å²) in [5.74, 6) is 0. The highest BCUT2D eigenvalue weighted by molar-refractivity contribution is 5.99. The van der Waals surface area contributed by atoms with E-state index in [9.17, 15) is 5.26 Å².